The van der Waals surface area contributed by atoms with Gasteiger partial charge in [-0.25, -0.2) is 4.79 Å². The van der Waals surface area contributed by atoms with Gasteiger partial charge in [0.25, 0.3) is 0 Å². The lowest BCUT2D eigenvalue weighted by Gasteiger charge is -2.28. The Kier molecular flexibility index (Phi) is 5.19. The van der Waals surface area contributed by atoms with Crippen LogP contribution in [0.1, 0.15) is 19.3 Å². The average Bonchev–Trinajstić information content (AvgIpc) is 2.31. The van der Waals surface area contributed by atoms with E-state index in [-0.39, 0.29) is 0 Å². The van der Waals surface area contributed by atoms with E-state index < -0.39 is 6.16 Å². The van der Waals surface area contributed by atoms with Gasteiger partial charge in [0.1, 0.15) is 0 Å². The molecule has 0 aromatic heterocycles. The topological polar surface area (TPSA) is 60.8 Å². The van der Waals surface area contributed by atoms with Gasteiger partial charge in [-0.1, -0.05) is 18.2 Å². The van der Waals surface area contributed by atoms with Gasteiger partial charge in [-0.05, 0) is 31.4 Å². The average molecular weight is 223 g/mol. The molecule has 0 spiro atoms. The van der Waals surface area contributed by atoms with Gasteiger partial charge in [0.15, 0.2) is 0 Å². The lowest BCUT2D eigenvalue weighted by molar-refractivity contribution is 0.137. The first-order valence-electron chi connectivity index (χ1n) is 5.42. The first kappa shape index (κ1) is 12.4. The smallest absolute Gasteiger partial charge is 0.450 e. The van der Waals surface area contributed by atoms with Crippen molar-refractivity contribution in [2.75, 3.05) is 18.0 Å². The van der Waals surface area contributed by atoms with Crippen molar-refractivity contribution >= 4 is 11.8 Å². The predicted octanol–water partition coefficient (Wildman–Crippen LogP) is 2.90. The summed E-state index contributed by atoms with van der Waals surface area (Å²) < 4.78 is 0. The minimum atomic E-state index is -1.83. The Hall–Kier alpha value is -1.71. The number of piperidine rings is 1. The maximum atomic E-state index is 8.56. The zero-order valence-electron chi connectivity index (χ0n) is 9.17. The van der Waals surface area contributed by atoms with Gasteiger partial charge in [-0.15, -0.1) is 0 Å². The van der Waals surface area contributed by atoms with Crippen LogP contribution in [0.2, 0.25) is 0 Å². The highest BCUT2D eigenvalue weighted by Crippen LogP contribution is 2.18. The lowest BCUT2D eigenvalue weighted by Crippen LogP contribution is -2.29. The summed E-state index contributed by atoms with van der Waals surface area (Å²) in [6.45, 7) is 2.48. The van der Waals surface area contributed by atoms with Crippen LogP contribution in [-0.2, 0) is 0 Å². The summed E-state index contributed by atoms with van der Waals surface area (Å²) in [6, 6.07) is 10.7. The largest absolute Gasteiger partial charge is 0.503 e. The number of nitrogens with zero attached hydrogens (tertiary/aromatic N) is 1. The van der Waals surface area contributed by atoms with E-state index in [1.165, 1.54) is 38.0 Å². The van der Waals surface area contributed by atoms with Crippen LogP contribution in [0, 0.1) is 0 Å². The molecule has 0 aliphatic carbocycles. The SMILES string of the molecule is O=C(O)O.c1ccc(N2CCCCC2)cc1. The second-order valence-corrected chi connectivity index (χ2v) is 3.67. The van der Waals surface area contributed by atoms with E-state index in [2.05, 4.69) is 35.2 Å². The van der Waals surface area contributed by atoms with Crippen LogP contribution in [0.3, 0.4) is 0 Å². The van der Waals surface area contributed by atoms with E-state index in [4.69, 9.17) is 15.0 Å². The minimum absolute atomic E-state index is 1.24. The van der Waals surface area contributed by atoms with E-state index in [1.807, 2.05) is 0 Å². The van der Waals surface area contributed by atoms with E-state index in [0.29, 0.717) is 0 Å². The first-order valence-corrected chi connectivity index (χ1v) is 5.42. The summed E-state index contributed by atoms with van der Waals surface area (Å²) in [4.78, 5) is 11.0. The summed E-state index contributed by atoms with van der Waals surface area (Å²) in [7, 11) is 0. The molecule has 88 valence electrons. The number of hydrogen-bond acceptors (Lipinski definition) is 2. The van der Waals surface area contributed by atoms with Crippen LogP contribution >= 0.6 is 0 Å². The molecule has 4 nitrogen and oxygen atoms in total. The maximum Gasteiger partial charge on any atom is 0.503 e. The summed E-state index contributed by atoms with van der Waals surface area (Å²) in [5, 5.41) is 13.9. The molecule has 4 heteroatoms. The molecule has 2 rings (SSSR count). The maximum absolute atomic E-state index is 8.56. The highest BCUT2D eigenvalue weighted by atomic mass is 16.6. The Morgan fingerprint density at radius 1 is 1.00 bits per heavy atom. The molecule has 0 radical (unpaired) electrons. The molecule has 1 heterocycles. The fourth-order valence-electron chi connectivity index (χ4n) is 1.79. The molecule has 0 amide bonds. The number of benzene rings is 1. The summed E-state index contributed by atoms with van der Waals surface area (Å²) in [5.41, 5.74) is 1.39. The molecule has 1 aliphatic rings. The normalized spacial score (nSPS) is 14.9. The fraction of sp³-hybridized carbons (Fsp3) is 0.417. The number of carboxylic acid groups (broad SMARTS) is 2. The Morgan fingerprint density at radius 3 is 2.00 bits per heavy atom. The van der Waals surface area contributed by atoms with Crippen LogP contribution in [0.15, 0.2) is 30.3 Å². The van der Waals surface area contributed by atoms with Crippen LogP contribution < -0.4 is 4.90 Å². The van der Waals surface area contributed by atoms with Gasteiger partial charge >= 0.3 is 6.16 Å². The number of carbonyl (C=O) groups is 1. The van der Waals surface area contributed by atoms with E-state index in [9.17, 15) is 0 Å². The molecule has 1 aromatic carbocycles. The summed E-state index contributed by atoms with van der Waals surface area (Å²) >= 11 is 0. The molecule has 0 saturated carbocycles. The van der Waals surface area contributed by atoms with Gasteiger partial charge in [0.2, 0.25) is 0 Å². The Balaban J connectivity index is 0.000000280. The second kappa shape index (κ2) is 6.71. The van der Waals surface area contributed by atoms with Gasteiger partial charge in [-0.2, -0.15) is 0 Å². The van der Waals surface area contributed by atoms with Crippen molar-refractivity contribution in [2.45, 2.75) is 19.3 Å². The van der Waals surface area contributed by atoms with Gasteiger partial charge in [-0.3, -0.25) is 0 Å². The van der Waals surface area contributed by atoms with Crippen LogP contribution in [0.4, 0.5) is 10.5 Å². The molecule has 16 heavy (non-hydrogen) atoms. The van der Waals surface area contributed by atoms with Crippen molar-refractivity contribution in [1.29, 1.82) is 0 Å². The quantitative estimate of drug-likeness (QED) is 0.768. The van der Waals surface area contributed by atoms with Crippen LogP contribution in [0.25, 0.3) is 0 Å². The number of anilines is 1. The van der Waals surface area contributed by atoms with Crippen molar-refractivity contribution in [3.63, 3.8) is 0 Å². The highest BCUT2D eigenvalue weighted by molar-refractivity contribution is 5.53. The molecule has 2 N–H and O–H groups in total. The van der Waals surface area contributed by atoms with Crippen molar-refractivity contribution < 1.29 is 15.0 Å². The van der Waals surface area contributed by atoms with Crippen molar-refractivity contribution in [3.05, 3.63) is 30.3 Å². The molecule has 0 bridgehead atoms. The molecule has 1 aromatic rings. The van der Waals surface area contributed by atoms with E-state index in [0.717, 1.165) is 0 Å². The van der Waals surface area contributed by atoms with Crippen molar-refractivity contribution in [1.82, 2.24) is 0 Å². The number of rotatable bonds is 1. The first-order chi connectivity index (χ1) is 7.70. The monoisotopic (exact) mass is 223 g/mol. The molecular formula is C12H17NO3. The van der Waals surface area contributed by atoms with Crippen LogP contribution in [-0.4, -0.2) is 29.5 Å². The Labute approximate surface area is 95.1 Å². The second-order valence-electron chi connectivity index (χ2n) is 3.67. The van der Waals surface area contributed by atoms with Gasteiger partial charge in [0, 0.05) is 18.8 Å². The third-order valence-electron chi connectivity index (χ3n) is 2.48. The number of hydrogen-bond donors (Lipinski definition) is 2. The van der Waals surface area contributed by atoms with E-state index in [1.54, 1.807) is 0 Å². The zero-order chi connectivity index (χ0) is 11.8. The standard InChI is InChI=1S/C11H15N.CH2O3/c1-3-7-11(8-4-1)12-9-5-2-6-10-12;2-1(3)4/h1,3-4,7-8H,2,5-6,9-10H2;(H2,2,3,4). The third-order valence-corrected chi connectivity index (χ3v) is 2.48. The molecule has 1 saturated heterocycles. The van der Waals surface area contributed by atoms with Gasteiger partial charge in [0.05, 0.1) is 0 Å². The van der Waals surface area contributed by atoms with Crippen molar-refractivity contribution in [3.8, 4) is 0 Å². The summed E-state index contributed by atoms with van der Waals surface area (Å²) in [5.74, 6) is 0. The third kappa shape index (κ3) is 4.68. The Morgan fingerprint density at radius 2 is 1.50 bits per heavy atom. The fourth-order valence-corrected chi connectivity index (χ4v) is 1.79. The minimum Gasteiger partial charge on any atom is -0.450 e. The van der Waals surface area contributed by atoms with Crippen LogP contribution in [0.5, 0.6) is 0 Å². The van der Waals surface area contributed by atoms with E-state index >= 15 is 0 Å². The predicted molar refractivity (Wildman–Crippen MR) is 63.2 cm³/mol. The van der Waals surface area contributed by atoms with Gasteiger partial charge < -0.3 is 15.1 Å². The molecule has 1 aliphatic heterocycles. The number of para-hydroxylation sites is 1. The zero-order valence-corrected chi connectivity index (χ0v) is 9.17. The molecule has 0 unspecified atom stereocenters. The highest BCUT2D eigenvalue weighted by Gasteiger charge is 2.09. The Bertz CT molecular complexity index is 303. The summed E-state index contributed by atoms with van der Waals surface area (Å²) in [6.07, 6.45) is 2.28. The van der Waals surface area contributed by atoms with Crippen molar-refractivity contribution in [2.24, 2.45) is 0 Å². The lowest BCUT2D eigenvalue weighted by atomic mass is 10.1. The molecule has 0 atom stereocenters. The molecule has 1 fully saturated rings. The molecular weight excluding hydrogens is 206 g/mol.